The number of carbonyl (C=O) groups is 2. The number of amides is 1. The third-order valence-corrected chi connectivity index (χ3v) is 4.77. The van der Waals surface area contributed by atoms with Crippen LogP contribution >= 0.6 is 0 Å². The van der Waals surface area contributed by atoms with Crippen LogP contribution in [0.5, 0.6) is 0 Å². The molecule has 4 nitrogen and oxygen atoms in total. The molecule has 1 aromatic heterocycles. The molecule has 0 bridgehead atoms. The van der Waals surface area contributed by atoms with Crippen molar-refractivity contribution in [1.82, 2.24) is 4.90 Å². The quantitative estimate of drug-likeness (QED) is 0.851. The summed E-state index contributed by atoms with van der Waals surface area (Å²) >= 11 is 0. The number of nitrogens with zero attached hydrogens (tertiary/aromatic N) is 1. The summed E-state index contributed by atoms with van der Waals surface area (Å²) in [5, 5.41) is 0. The highest BCUT2D eigenvalue weighted by atomic mass is 16.3. The summed E-state index contributed by atoms with van der Waals surface area (Å²) in [6.07, 6.45) is 7.24. The first-order chi connectivity index (χ1) is 9.74. The Morgan fingerprint density at radius 1 is 1.25 bits per heavy atom. The lowest BCUT2D eigenvalue weighted by Gasteiger charge is -2.35. The van der Waals surface area contributed by atoms with Crippen LogP contribution in [0.2, 0.25) is 0 Å². The Labute approximate surface area is 118 Å². The fourth-order valence-corrected chi connectivity index (χ4v) is 3.32. The third-order valence-electron chi connectivity index (χ3n) is 4.77. The van der Waals surface area contributed by atoms with Gasteiger partial charge in [0.1, 0.15) is 11.5 Å². The number of piperidine rings is 1. The molecule has 4 heteroatoms. The predicted octanol–water partition coefficient (Wildman–Crippen LogP) is 2.74. The van der Waals surface area contributed by atoms with E-state index in [1.165, 1.54) is 0 Å². The van der Waals surface area contributed by atoms with Crippen LogP contribution in [0.4, 0.5) is 0 Å². The average molecular weight is 273 g/mol. The molecule has 0 radical (unpaired) electrons. The van der Waals surface area contributed by atoms with E-state index in [0.29, 0.717) is 37.0 Å². The second kappa shape index (κ2) is 4.47. The molecule has 1 amide bonds. The molecule has 4 rings (SSSR count). The molecule has 106 valence electrons. The Morgan fingerprint density at radius 2 is 2.05 bits per heavy atom. The Balaban J connectivity index is 1.59. The fourth-order valence-electron chi connectivity index (χ4n) is 3.32. The molecular weight excluding hydrogens is 254 g/mol. The highest BCUT2D eigenvalue weighted by Crippen LogP contribution is 2.43. The molecule has 0 aromatic carbocycles. The van der Waals surface area contributed by atoms with Gasteiger partial charge in [-0.2, -0.15) is 0 Å². The Bertz CT molecular complexity index is 554. The van der Waals surface area contributed by atoms with Gasteiger partial charge in [0.25, 0.3) is 5.91 Å². The highest BCUT2D eigenvalue weighted by molar-refractivity contribution is 5.97. The van der Waals surface area contributed by atoms with E-state index in [4.69, 9.17) is 4.42 Å². The first-order valence-electron chi connectivity index (χ1n) is 7.64. The Hall–Kier alpha value is -1.58. The average Bonchev–Trinajstić information content (AvgIpc) is 3.36. The van der Waals surface area contributed by atoms with Crippen molar-refractivity contribution in [2.75, 3.05) is 6.54 Å². The van der Waals surface area contributed by atoms with E-state index in [9.17, 15) is 9.59 Å². The van der Waals surface area contributed by atoms with E-state index in [0.717, 1.165) is 37.0 Å². The van der Waals surface area contributed by atoms with Gasteiger partial charge in [-0.1, -0.05) is 0 Å². The smallest absolute Gasteiger partial charge is 0.257 e. The van der Waals surface area contributed by atoms with Gasteiger partial charge in [-0.15, -0.1) is 0 Å². The summed E-state index contributed by atoms with van der Waals surface area (Å²) in [6.45, 7) is 0.577. The van der Waals surface area contributed by atoms with Crippen molar-refractivity contribution in [3.05, 3.63) is 23.7 Å². The normalized spacial score (nSPS) is 26.9. The van der Waals surface area contributed by atoms with Gasteiger partial charge in [-0.05, 0) is 37.7 Å². The van der Waals surface area contributed by atoms with Crippen LogP contribution in [0.3, 0.4) is 0 Å². The van der Waals surface area contributed by atoms with Crippen molar-refractivity contribution >= 4 is 11.7 Å². The first-order valence-corrected chi connectivity index (χ1v) is 7.64. The van der Waals surface area contributed by atoms with E-state index in [-0.39, 0.29) is 11.9 Å². The van der Waals surface area contributed by atoms with Gasteiger partial charge in [-0.25, -0.2) is 0 Å². The van der Waals surface area contributed by atoms with Crippen molar-refractivity contribution in [2.24, 2.45) is 5.92 Å². The van der Waals surface area contributed by atoms with Gasteiger partial charge in [0, 0.05) is 31.3 Å². The van der Waals surface area contributed by atoms with Crippen LogP contribution in [0.25, 0.3) is 0 Å². The topological polar surface area (TPSA) is 50.5 Å². The molecule has 3 aliphatic rings. The molecule has 1 saturated heterocycles. The molecule has 2 aliphatic carbocycles. The van der Waals surface area contributed by atoms with Crippen molar-refractivity contribution in [3.8, 4) is 0 Å². The Morgan fingerprint density at radius 3 is 2.75 bits per heavy atom. The zero-order valence-electron chi connectivity index (χ0n) is 11.5. The summed E-state index contributed by atoms with van der Waals surface area (Å²) < 4.78 is 5.52. The number of ketones is 1. The van der Waals surface area contributed by atoms with Gasteiger partial charge in [0.2, 0.25) is 0 Å². The number of rotatable bonds is 3. The number of carbonyl (C=O) groups excluding carboxylic acids is 2. The molecule has 1 atom stereocenters. The van der Waals surface area contributed by atoms with Gasteiger partial charge < -0.3 is 9.32 Å². The fraction of sp³-hybridized carbons (Fsp3) is 0.625. The summed E-state index contributed by atoms with van der Waals surface area (Å²) in [7, 11) is 0. The van der Waals surface area contributed by atoms with E-state index in [1.54, 1.807) is 12.3 Å². The SMILES string of the molecule is O=C1CCN(C(=O)c2ccoc2C2CC2)[C@H](C2CC2)C1. The minimum Gasteiger partial charge on any atom is -0.468 e. The first kappa shape index (κ1) is 12.2. The maximum absolute atomic E-state index is 12.8. The van der Waals surface area contributed by atoms with Crippen LogP contribution < -0.4 is 0 Å². The molecule has 2 saturated carbocycles. The van der Waals surface area contributed by atoms with Gasteiger partial charge in [-0.3, -0.25) is 9.59 Å². The molecule has 2 heterocycles. The van der Waals surface area contributed by atoms with Crippen molar-refractivity contribution in [3.63, 3.8) is 0 Å². The van der Waals surface area contributed by atoms with E-state index in [2.05, 4.69) is 0 Å². The minimum atomic E-state index is 0.0741. The molecule has 1 aromatic rings. The summed E-state index contributed by atoms with van der Waals surface area (Å²) in [5.74, 6) is 2.22. The Kier molecular flexibility index (Phi) is 2.72. The number of Topliss-reactive ketones (excluding diaryl/α,β-unsaturated/α-hetero) is 1. The molecule has 3 fully saturated rings. The minimum absolute atomic E-state index is 0.0741. The molecular formula is C16H19NO3. The maximum Gasteiger partial charge on any atom is 0.257 e. The predicted molar refractivity (Wildman–Crippen MR) is 72.5 cm³/mol. The molecule has 1 aliphatic heterocycles. The second-order valence-corrected chi connectivity index (χ2v) is 6.37. The monoisotopic (exact) mass is 273 g/mol. The number of hydrogen-bond acceptors (Lipinski definition) is 3. The van der Waals surface area contributed by atoms with Crippen molar-refractivity contribution < 1.29 is 14.0 Å². The summed E-state index contributed by atoms with van der Waals surface area (Å²) in [6, 6.07) is 1.93. The van der Waals surface area contributed by atoms with Crippen LogP contribution in [0, 0.1) is 5.92 Å². The third kappa shape index (κ3) is 2.07. The standard InChI is InChI=1S/C16H19NO3/c18-12-5-7-17(14(9-12)10-1-2-10)16(19)13-6-8-20-15(13)11-3-4-11/h6,8,10-11,14H,1-5,7,9H2/t14-/m0/s1. The van der Waals surface area contributed by atoms with E-state index in [1.807, 2.05) is 4.90 Å². The molecule has 0 unspecified atom stereocenters. The lowest BCUT2D eigenvalue weighted by Crippen LogP contribution is -2.47. The summed E-state index contributed by atoms with van der Waals surface area (Å²) in [4.78, 5) is 26.4. The highest BCUT2D eigenvalue weighted by Gasteiger charge is 2.42. The zero-order valence-corrected chi connectivity index (χ0v) is 11.5. The second-order valence-electron chi connectivity index (χ2n) is 6.37. The van der Waals surface area contributed by atoms with E-state index < -0.39 is 0 Å². The van der Waals surface area contributed by atoms with E-state index >= 15 is 0 Å². The summed E-state index contributed by atoms with van der Waals surface area (Å²) in [5.41, 5.74) is 0.729. The molecule has 0 N–H and O–H groups in total. The van der Waals surface area contributed by atoms with Crippen LogP contribution in [0.15, 0.2) is 16.7 Å². The molecule has 0 spiro atoms. The number of hydrogen-bond donors (Lipinski definition) is 0. The van der Waals surface area contributed by atoms with Gasteiger partial charge >= 0.3 is 0 Å². The lowest BCUT2D eigenvalue weighted by molar-refractivity contribution is -0.122. The van der Waals surface area contributed by atoms with Crippen LogP contribution in [-0.2, 0) is 4.79 Å². The number of furan rings is 1. The number of likely N-dealkylation sites (tertiary alicyclic amines) is 1. The molecule has 20 heavy (non-hydrogen) atoms. The van der Waals surface area contributed by atoms with Crippen molar-refractivity contribution in [1.29, 1.82) is 0 Å². The van der Waals surface area contributed by atoms with Crippen molar-refractivity contribution in [2.45, 2.75) is 50.5 Å². The lowest BCUT2D eigenvalue weighted by atomic mass is 9.96. The van der Waals surface area contributed by atoms with Gasteiger partial charge in [0.05, 0.1) is 11.8 Å². The zero-order chi connectivity index (χ0) is 13.7. The largest absolute Gasteiger partial charge is 0.468 e. The van der Waals surface area contributed by atoms with Crippen LogP contribution in [0.1, 0.15) is 60.6 Å². The maximum atomic E-state index is 12.8. The van der Waals surface area contributed by atoms with Gasteiger partial charge in [0.15, 0.2) is 0 Å². The van der Waals surface area contributed by atoms with Crippen LogP contribution in [-0.4, -0.2) is 29.2 Å².